The van der Waals surface area contributed by atoms with Crippen molar-refractivity contribution in [1.82, 2.24) is 15.0 Å². The molecular formula is C19H13BrN4O2S. The van der Waals surface area contributed by atoms with Crippen LogP contribution in [0.15, 0.2) is 69.9 Å². The van der Waals surface area contributed by atoms with Crippen molar-refractivity contribution in [2.75, 3.05) is 5.32 Å². The molecule has 0 unspecified atom stereocenters. The van der Waals surface area contributed by atoms with Gasteiger partial charge in [0.05, 0.1) is 5.39 Å². The number of amides is 1. The number of halogens is 1. The van der Waals surface area contributed by atoms with E-state index in [0.717, 1.165) is 19.6 Å². The first-order chi connectivity index (χ1) is 13.1. The molecule has 4 aromatic rings. The maximum Gasteiger partial charge on any atom is 0.279 e. The van der Waals surface area contributed by atoms with E-state index in [-0.39, 0.29) is 18.0 Å². The van der Waals surface area contributed by atoms with Crippen molar-refractivity contribution in [3.63, 3.8) is 0 Å². The zero-order valence-corrected chi connectivity index (χ0v) is 16.3. The highest BCUT2D eigenvalue weighted by molar-refractivity contribution is 9.10. The quantitative estimate of drug-likeness (QED) is 0.521. The molecule has 4 rings (SSSR count). The Labute approximate surface area is 166 Å². The Morgan fingerprint density at radius 1 is 1.11 bits per heavy atom. The Bertz CT molecular complexity index is 1170. The zero-order chi connectivity index (χ0) is 18.8. The third-order valence-electron chi connectivity index (χ3n) is 3.90. The smallest absolute Gasteiger partial charge is 0.279 e. The number of nitrogens with zero attached hydrogens (tertiary/aromatic N) is 3. The molecule has 134 valence electrons. The Morgan fingerprint density at radius 3 is 2.59 bits per heavy atom. The van der Waals surface area contributed by atoms with E-state index in [1.807, 2.05) is 42.5 Å². The predicted molar refractivity (Wildman–Crippen MR) is 110 cm³/mol. The van der Waals surface area contributed by atoms with Crippen molar-refractivity contribution >= 4 is 49.1 Å². The summed E-state index contributed by atoms with van der Waals surface area (Å²) in [5.74, 6) is -0.341. The van der Waals surface area contributed by atoms with Crippen LogP contribution in [0, 0.1) is 0 Å². The highest BCUT2D eigenvalue weighted by atomic mass is 79.9. The van der Waals surface area contributed by atoms with Crippen LogP contribution in [-0.2, 0) is 11.3 Å². The van der Waals surface area contributed by atoms with Gasteiger partial charge < -0.3 is 5.32 Å². The molecule has 0 saturated heterocycles. The predicted octanol–water partition coefficient (Wildman–Crippen LogP) is 3.92. The van der Waals surface area contributed by atoms with Gasteiger partial charge in [0.2, 0.25) is 5.91 Å². The normalized spacial score (nSPS) is 10.9. The lowest BCUT2D eigenvalue weighted by Gasteiger charge is -2.06. The number of aromatic nitrogens is 3. The van der Waals surface area contributed by atoms with Crippen LogP contribution in [0.2, 0.25) is 0 Å². The Kier molecular flexibility index (Phi) is 4.83. The number of rotatable bonds is 4. The maximum atomic E-state index is 12.7. The van der Waals surface area contributed by atoms with E-state index in [2.05, 4.69) is 31.6 Å². The Morgan fingerprint density at radius 2 is 1.85 bits per heavy atom. The molecule has 2 heterocycles. The van der Waals surface area contributed by atoms with Crippen LogP contribution < -0.4 is 10.9 Å². The summed E-state index contributed by atoms with van der Waals surface area (Å²) in [5.41, 5.74) is 1.33. The first-order valence-corrected chi connectivity index (χ1v) is 9.69. The molecule has 0 aliphatic heterocycles. The molecule has 0 radical (unpaired) electrons. The van der Waals surface area contributed by atoms with Crippen LogP contribution >= 0.6 is 27.3 Å². The lowest BCUT2D eigenvalue weighted by Crippen LogP contribution is -2.30. The van der Waals surface area contributed by atoms with Gasteiger partial charge in [-0.1, -0.05) is 51.5 Å². The van der Waals surface area contributed by atoms with Crippen LogP contribution in [0.25, 0.3) is 20.7 Å². The molecule has 0 atom stereocenters. The summed E-state index contributed by atoms with van der Waals surface area (Å²) in [6, 6.07) is 18.8. The lowest BCUT2D eigenvalue weighted by atomic mass is 10.2. The van der Waals surface area contributed by atoms with E-state index in [0.29, 0.717) is 15.9 Å². The van der Waals surface area contributed by atoms with E-state index in [4.69, 9.17) is 0 Å². The first-order valence-electron chi connectivity index (χ1n) is 8.08. The van der Waals surface area contributed by atoms with Gasteiger partial charge in [-0.15, -0.1) is 16.4 Å². The van der Waals surface area contributed by atoms with Crippen molar-refractivity contribution < 1.29 is 4.79 Å². The largest absolute Gasteiger partial charge is 0.324 e. The van der Waals surface area contributed by atoms with Gasteiger partial charge in [-0.05, 0) is 35.9 Å². The topological polar surface area (TPSA) is 76.9 Å². The SMILES string of the molecule is O=C(Cn1nnc2sc(-c3ccccc3)cc2c1=O)Nc1ccc(Br)cc1. The summed E-state index contributed by atoms with van der Waals surface area (Å²) >= 11 is 4.75. The van der Waals surface area contributed by atoms with Crippen molar-refractivity contribution in [2.24, 2.45) is 0 Å². The zero-order valence-electron chi connectivity index (χ0n) is 13.9. The maximum absolute atomic E-state index is 12.7. The summed E-state index contributed by atoms with van der Waals surface area (Å²) in [7, 11) is 0. The second-order valence-electron chi connectivity index (χ2n) is 5.80. The summed E-state index contributed by atoms with van der Waals surface area (Å²) in [5, 5.41) is 11.2. The number of hydrogen-bond acceptors (Lipinski definition) is 5. The molecule has 1 amide bonds. The van der Waals surface area contributed by atoms with Gasteiger partial charge in [0.25, 0.3) is 5.56 Å². The van der Waals surface area contributed by atoms with Gasteiger partial charge in [-0.2, -0.15) is 0 Å². The minimum atomic E-state index is -0.341. The van der Waals surface area contributed by atoms with E-state index < -0.39 is 0 Å². The average Bonchev–Trinajstić information content (AvgIpc) is 3.12. The van der Waals surface area contributed by atoms with E-state index in [9.17, 15) is 9.59 Å². The van der Waals surface area contributed by atoms with Crippen LogP contribution in [0.3, 0.4) is 0 Å². The van der Waals surface area contributed by atoms with Gasteiger partial charge in [-0.3, -0.25) is 9.59 Å². The lowest BCUT2D eigenvalue weighted by molar-refractivity contribution is -0.117. The fourth-order valence-electron chi connectivity index (χ4n) is 2.60. The summed E-state index contributed by atoms with van der Waals surface area (Å²) in [6.07, 6.45) is 0. The van der Waals surface area contributed by atoms with Crippen LogP contribution in [0.5, 0.6) is 0 Å². The molecule has 27 heavy (non-hydrogen) atoms. The fraction of sp³-hybridized carbons (Fsp3) is 0.0526. The van der Waals surface area contributed by atoms with Crippen LogP contribution in [-0.4, -0.2) is 20.9 Å². The second-order valence-corrected chi connectivity index (χ2v) is 7.75. The number of hydrogen-bond donors (Lipinski definition) is 1. The standard InChI is InChI=1S/C19H13BrN4O2S/c20-13-6-8-14(9-7-13)21-17(25)11-24-19(26)15-10-16(27-18(15)22-23-24)12-4-2-1-3-5-12/h1-10H,11H2,(H,21,25). The molecule has 2 aromatic heterocycles. The second kappa shape index (κ2) is 7.42. The number of fused-ring (bicyclic) bond motifs is 1. The molecule has 0 aliphatic carbocycles. The average molecular weight is 441 g/mol. The number of benzene rings is 2. The number of anilines is 1. The Balaban J connectivity index is 1.59. The number of thiophene rings is 1. The number of carbonyl (C=O) groups excluding carboxylic acids is 1. The molecule has 0 saturated carbocycles. The number of nitrogens with one attached hydrogen (secondary N) is 1. The van der Waals surface area contributed by atoms with Gasteiger partial charge in [0.15, 0.2) is 4.83 Å². The van der Waals surface area contributed by atoms with Crippen molar-refractivity contribution in [1.29, 1.82) is 0 Å². The summed E-state index contributed by atoms with van der Waals surface area (Å²) < 4.78 is 2.00. The monoisotopic (exact) mass is 440 g/mol. The Hall–Kier alpha value is -2.84. The molecule has 0 aliphatic rings. The molecule has 1 N–H and O–H groups in total. The third kappa shape index (κ3) is 3.81. The molecule has 0 bridgehead atoms. The van der Waals surface area contributed by atoms with Gasteiger partial charge in [0, 0.05) is 15.0 Å². The summed E-state index contributed by atoms with van der Waals surface area (Å²) in [6.45, 7) is -0.200. The molecule has 2 aromatic carbocycles. The van der Waals surface area contributed by atoms with Crippen molar-refractivity contribution in [3.05, 3.63) is 75.5 Å². The molecule has 6 nitrogen and oxygen atoms in total. The minimum Gasteiger partial charge on any atom is -0.324 e. The molecular weight excluding hydrogens is 428 g/mol. The third-order valence-corrected chi connectivity index (χ3v) is 5.50. The van der Waals surface area contributed by atoms with Crippen LogP contribution in [0.1, 0.15) is 0 Å². The molecule has 0 spiro atoms. The first kappa shape index (κ1) is 17.6. The molecule has 8 heteroatoms. The van der Waals surface area contributed by atoms with E-state index in [1.165, 1.54) is 11.3 Å². The van der Waals surface area contributed by atoms with E-state index >= 15 is 0 Å². The highest BCUT2D eigenvalue weighted by Gasteiger charge is 2.13. The number of carbonyl (C=O) groups is 1. The fourth-order valence-corrected chi connectivity index (χ4v) is 3.84. The van der Waals surface area contributed by atoms with Gasteiger partial charge in [-0.25, -0.2) is 4.68 Å². The van der Waals surface area contributed by atoms with Crippen LogP contribution in [0.4, 0.5) is 5.69 Å². The van der Waals surface area contributed by atoms with Crippen molar-refractivity contribution in [2.45, 2.75) is 6.54 Å². The van der Waals surface area contributed by atoms with Gasteiger partial charge >= 0.3 is 0 Å². The van der Waals surface area contributed by atoms with Gasteiger partial charge in [0.1, 0.15) is 6.54 Å². The van der Waals surface area contributed by atoms with Crippen molar-refractivity contribution in [3.8, 4) is 10.4 Å². The minimum absolute atomic E-state index is 0.200. The summed E-state index contributed by atoms with van der Waals surface area (Å²) in [4.78, 5) is 26.4. The molecule has 0 fully saturated rings. The van der Waals surface area contributed by atoms with E-state index in [1.54, 1.807) is 18.2 Å². The highest BCUT2D eigenvalue weighted by Crippen LogP contribution is 2.30.